The zero-order valence-electron chi connectivity index (χ0n) is 8.23. The topological polar surface area (TPSA) is 93.2 Å². The molecule has 15 heavy (non-hydrogen) atoms. The predicted octanol–water partition coefficient (Wildman–Crippen LogP) is 0.696. The fourth-order valence-electron chi connectivity index (χ4n) is 1.04. The molecule has 3 N–H and O–H groups in total. The van der Waals surface area contributed by atoms with Crippen LogP contribution in [0.25, 0.3) is 0 Å². The van der Waals surface area contributed by atoms with Gasteiger partial charge in [-0.2, -0.15) is 0 Å². The Hall–Kier alpha value is -1.40. The van der Waals surface area contributed by atoms with Gasteiger partial charge in [-0.15, -0.1) is 0 Å². The second-order valence-electron chi connectivity index (χ2n) is 2.83. The molecule has 0 spiro atoms. The van der Waals surface area contributed by atoms with Crippen molar-refractivity contribution in [3.05, 3.63) is 29.8 Å². The predicted molar refractivity (Wildman–Crippen MR) is 56.3 cm³/mol. The highest BCUT2D eigenvalue weighted by molar-refractivity contribution is 7.89. The molecule has 1 aromatic rings. The summed E-state index contributed by atoms with van der Waals surface area (Å²) in [7, 11) is -3.73. The third-order valence-corrected chi connectivity index (χ3v) is 2.62. The molecule has 0 bridgehead atoms. The van der Waals surface area contributed by atoms with E-state index in [1.165, 1.54) is 18.2 Å². The molecule has 82 valence electrons. The van der Waals surface area contributed by atoms with E-state index in [2.05, 4.69) is 0 Å². The highest BCUT2D eigenvalue weighted by atomic mass is 32.2. The summed E-state index contributed by atoms with van der Waals surface area (Å²) in [6.45, 7) is 2.11. The first-order valence-electron chi connectivity index (χ1n) is 4.29. The number of ether oxygens (including phenoxy) is 1. The zero-order chi connectivity index (χ0) is 11.5. The molecule has 0 aromatic heterocycles. The van der Waals surface area contributed by atoms with Gasteiger partial charge >= 0.3 is 0 Å². The van der Waals surface area contributed by atoms with Gasteiger partial charge in [-0.3, -0.25) is 5.41 Å². The van der Waals surface area contributed by atoms with Crippen molar-refractivity contribution < 1.29 is 13.2 Å². The van der Waals surface area contributed by atoms with E-state index in [4.69, 9.17) is 15.3 Å². The Kier molecular flexibility index (Phi) is 3.43. The minimum atomic E-state index is -3.73. The maximum absolute atomic E-state index is 11.0. The SMILES string of the molecule is CCOC(=N)c1cccc(S(N)(=O)=O)c1. The van der Waals surface area contributed by atoms with Crippen LogP contribution in [0.3, 0.4) is 0 Å². The molecule has 0 aliphatic rings. The molecule has 0 atom stereocenters. The molecular formula is C9H12N2O3S. The molecule has 0 radical (unpaired) electrons. The first kappa shape index (κ1) is 11.7. The van der Waals surface area contributed by atoms with E-state index in [1.54, 1.807) is 13.0 Å². The molecule has 0 amide bonds. The lowest BCUT2D eigenvalue weighted by molar-refractivity contribution is 0.325. The average Bonchev–Trinajstić information content (AvgIpc) is 2.17. The van der Waals surface area contributed by atoms with Gasteiger partial charge in [-0.05, 0) is 25.1 Å². The van der Waals surface area contributed by atoms with E-state index in [0.717, 1.165) is 0 Å². The highest BCUT2D eigenvalue weighted by Gasteiger charge is 2.10. The quantitative estimate of drug-likeness (QED) is 0.589. The highest BCUT2D eigenvalue weighted by Crippen LogP contribution is 2.10. The number of primary sulfonamides is 1. The van der Waals surface area contributed by atoms with Crippen LogP contribution in [-0.2, 0) is 14.8 Å². The number of sulfonamides is 1. The second-order valence-corrected chi connectivity index (χ2v) is 4.40. The van der Waals surface area contributed by atoms with Gasteiger partial charge in [-0.1, -0.05) is 6.07 Å². The molecule has 5 nitrogen and oxygen atoms in total. The Bertz CT molecular complexity index is 468. The van der Waals surface area contributed by atoms with E-state index in [0.29, 0.717) is 12.2 Å². The van der Waals surface area contributed by atoms with E-state index in [-0.39, 0.29) is 10.8 Å². The Balaban J connectivity index is 3.09. The van der Waals surface area contributed by atoms with Crippen LogP contribution in [0, 0.1) is 5.41 Å². The Morgan fingerprint density at radius 2 is 2.20 bits per heavy atom. The molecule has 0 unspecified atom stereocenters. The van der Waals surface area contributed by atoms with Crippen molar-refractivity contribution >= 4 is 15.9 Å². The van der Waals surface area contributed by atoms with Crippen LogP contribution in [-0.4, -0.2) is 20.9 Å². The fraction of sp³-hybridized carbons (Fsp3) is 0.222. The molecule has 0 saturated carbocycles. The van der Waals surface area contributed by atoms with Crippen LogP contribution in [0.1, 0.15) is 12.5 Å². The summed E-state index contributed by atoms with van der Waals surface area (Å²) in [6, 6.07) is 5.79. The lowest BCUT2D eigenvalue weighted by atomic mass is 10.2. The molecule has 6 heteroatoms. The summed E-state index contributed by atoms with van der Waals surface area (Å²) in [5, 5.41) is 12.4. The van der Waals surface area contributed by atoms with Gasteiger partial charge < -0.3 is 4.74 Å². The van der Waals surface area contributed by atoms with Gasteiger partial charge in [0, 0.05) is 5.56 Å². The maximum atomic E-state index is 11.0. The Morgan fingerprint density at radius 3 is 2.73 bits per heavy atom. The number of nitrogens with two attached hydrogens (primary N) is 1. The number of rotatable bonds is 3. The van der Waals surface area contributed by atoms with E-state index in [9.17, 15) is 8.42 Å². The summed E-state index contributed by atoms with van der Waals surface area (Å²) >= 11 is 0. The van der Waals surface area contributed by atoms with Crippen LogP contribution in [0.15, 0.2) is 29.2 Å². The fourth-order valence-corrected chi connectivity index (χ4v) is 1.60. The molecule has 0 saturated heterocycles. The van der Waals surface area contributed by atoms with Gasteiger partial charge in [0.15, 0.2) is 0 Å². The third kappa shape index (κ3) is 3.03. The van der Waals surface area contributed by atoms with Crippen LogP contribution in [0.4, 0.5) is 0 Å². The first-order valence-corrected chi connectivity index (χ1v) is 5.84. The van der Waals surface area contributed by atoms with Crippen molar-refractivity contribution in [2.24, 2.45) is 5.14 Å². The van der Waals surface area contributed by atoms with Crippen molar-refractivity contribution in [1.82, 2.24) is 0 Å². The second kappa shape index (κ2) is 4.41. The summed E-state index contributed by atoms with van der Waals surface area (Å²) in [5.74, 6) is -0.0667. The van der Waals surface area contributed by atoms with Crippen LogP contribution in [0.5, 0.6) is 0 Å². The zero-order valence-corrected chi connectivity index (χ0v) is 9.04. The molecular weight excluding hydrogens is 216 g/mol. The van der Waals surface area contributed by atoms with Gasteiger partial charge in [0.05, 0.1) is 11.5 Å². The molecule has 0 aliphatic carbocycles. The average molecular weight is 228 g/mol. The summed E-state index contributed by atoms with van der Waals surface area (Å²) < 4.78 is 27.0. The van der Waals surface area contributed by atoms with Gasteiger partial charge in [0.25, 0.3) is 0 Å². The maximum Gasteiger partial charge on any atom is 0.238 e. The van der Waals surface area contributed by atoms with Crippen LogP contribution >= 0.6 is 0 Å². The minimum absolute atomic E-state index is 0.0237. The van der Waals surface area contributed by atoms with Crippen LogP contribution < -0.4 is 5.14 Å². The van der Waals surface area contributed by atoms with Crippen molar-refractivity contribution in [3.8, 4) is 0 Å². The van der Waals surface area contributed by atoms with Crippen LogP contribution in [0.2, 0.25) is 0 Å². The lowest BCUT2D eigenvalue weighted by Crippen LogP contribution is -2.13. The van der Waals surface area contributed by atoms with E-state index >= 15 is 0 Å². The Morgan fingerprint density at radius 1 is 1.53 bits per heavy atom. The van der Waals surface area contributed by atoms with E-state index < -0.39 is 10.0 Å². The molecule has 1 rings (SSSR count). The minimum Gasteiger partial charge on any atom is -0.478 e. The monoisotopic (exact) mass is 228 g/mol. The number of hydrogen-bond acceptors (Lipinski definition) is 4. The first-order chi connectivity index (χ1) is 6.95. The largest absolute Gasteiger partial charge is 0.478 e. The number of hydrogen-bond donors (Lipinski definition) is 2. The molecule has 0 heterocycles. The number of nitrogens with one attached hydrogen (secondary N) is 1. The summed E-state index contributed by atoms with van der Waals surface area (Å²) in [4.78, 5) is -0.0237. The third-order valence-electron chi connectivity index (χ3n) is 1.71. The van der Waals surface area contributed by atoms with Crippen molar-refractivity contribution in [1.29, 1.82) is 5.41 Å². The van der Waals surface area contributed by atoms with Crippen molar-refractivity contribution in [2.45, 2.75) is 11.8 Å². The normalized spacial score (nSPS) is 11.1. The van der Waals surface area contributed by atoms with Gasteiger partial charge in [0.2, 0.25) is 15.9 Å². The molecule has 1 aromatic carbocycles. The standard InChI is InChI=1S/C9H12N2O3S/c1-2-14-9(10)7-4-3-5-8(6-7)15(11,12)13/h3-6,10H,2H2,1H3,(H2,11,12,13). The van der Waals surface area contributed by atoms with Crippen molar-refractivity contribution in [3.63, 3.8) is 0 Å². The Labute approximate surface area is 88.4 Å². The summed E-state index contributed by atoms with van der Waals surface area (Å²) in [5.41, 5.74) is 0.392. The van der Waals surface area contributed by atoms with Crippen molar-refractivity contribution in [2.75, 3.05) is 6.61 Å². The molecule has 0 aliphatic heterocycles. The smallest absolute Gasteiger partial charge is 0.238 e. The number of benzene rings is 1. The van der Waals surface area contributed by atoms with Gasteiger partial charge in [-0.25, -0.2) is 13.6 Å². The summed E-state index contributed by atoms with van der Waals surface area (Å²) in [6.07, 6.45) is 0. The van der Waals surface area contributed by atoms with Gasteiger partial charge in [0.1, 0.15) is 0 Å². The lowest BCUT2D eigenvalue weighted by Gasteiger charge is -2.05. The van der Waals surface area contributed by atoms with E-state index in [1.807, 2.05) is 0 Å². The molecule has 0 fully saturated rings.